The van der Waals surface area contributed by atoms with Crippen molar-refractivity contribution >= 4 is 5.91 Å². The van der Waals surface area contributed by atoms with Crippen molar-refractivity contribution in [2.24, 2.45) is 0 Å². The summed E-state index contributed by atoms with van der Waals surface area (Å²) < 4.78 is 0. The van der Waals surface area contributed by atoms with E-state index in [1.54, 1.807) is 18.6 Å². The van der Waals surface area contributed by atoms with Crippen LogP contribution in [-0.2, 0) is 0 Å². The lowest BCUT2D eigenvalue weighted by Gasteiger charge is -2.12. The summed E-state index contributed by atoms with van der Waals surface area (Å²) >= 11 is 0. The maximum absolute atomic E-state index is 11.7. The number of nitrogens with zero attached hydrogens (tertiary/aromatic N) is 2. The van der Waals surface area contributed by atoms with Crippen molar-refractivity contribution in [1.29, 1.82) is 0 Å². The van der Waals surface area contributed by atoms with E-state index >= 15 is 0 Å². The van der Waals surface area contributed by atoms with Gasteiger partial charge in [-0.05, 0) is 24.6 Å². The van der Waals surface area contributed by atoms with E-state index < -0.39 is 0 Å². The monoisotopic (exact) mass is 216 g/mol. The molecule has 0 aromatic carbocycles. The number of aromatic nitrogens is 3. The van der Waals surface area contributed by atoms with Gasteiger partial charge in [-0.2, -0.15) is 5.10 Å². The molecule has 1 amide bonds. The van der Waals surface area contributed by atoms with Crippen LogP contribution in [-0.4, -0.2) is 21.1 Å². The van der Waals surface area contributed by atoms with Gasteiger partial charge in [0.15, 0.2) is 0 Å². The smallest absolute Gasteiger partial charge is 0.254 e. The molecular weight excluding hydrogens is 204 g/mol. The third kappa shape index (κ3) is 2.25. The second-order valence-corrected chi connectivity index (χ2v) is 3.46. The maximum atomic E-state index is 11.7. The molecule has 16 heavy (non-hydrogen) atoms. The number of carbonyl (C=O) groups excluding carboxylic acids is 1. The van der Waals surface area contributed by atoms with Gasteiger partial charge in [-0.15, -0.1) is 0 Å². The fraction of sp³-hybridized carbons (Fsp3) is 0.182. The molecule has 2 heterocycles. The normalized spacial score (nSPS) is 12.1. The SMILES string of the molecule is CC(NC(=O)c1cn[nH]c1)c1ccncc1. The third-order valence-corrected chi connectivity index (χ3v) is 2.31. The Morgan fingerprint density at radius 3 is 2.81 bits per heavy atom. The van der Waals surface area contributed by atoms with Crippen molar-refractivity contribution < 1.29 is 4.79 Å². The lowest BCUT2D eigenvalue weighted by atomic mass is 10.1. The van der Waals surface area contributed by atoms with Gasteiger partial charge in [-0.1, -0.05) is 0 Å². The molecule has 82 valence electrons. The summed E-state index contributed by atoms with van der Waals surface area (Å²) in [6.07, 6.45) is 6.47. The zero-order valence-corrected chi connectivity index (χ0v) is 8.84. The second kappa shape index (κ2) is 4.57. The van der Waals surface area contributed by atoms with E-state index in [2.05, 4.69) is 20.5 Å². The molecule has 0 fully saturated rings. The van der Waals surface area contributed by atoms with Crippen LogP contribution in [0, 0.1) is 0 Å². The predicted molar refractivity (Wildman–Crippen MR) is 58.7 cm³/mol. The van der Waals surface area contributed by atoms with Crippen LogP contribution in [0.15, 0.2) is 36.9 Å². The first kappa shape index (κ1) is 10.4. The van der Waals surface area contributed by atoms with E-state index in [-0.39, 0.29) is 11.9 Å². The number of aromatic amines is 1. The maximum Gasteiger partial charge on any atom is 0.254 e. The first-order valence-electron chi connectivity index (χ1n) is 4.97. The van der Waals surface area contributed by atoms with Crippen LogP contribution in [0.2, 0.25) is 0 Å². The Balaban J connectivity index is 2.03. The van der Waals surface area contributed by atoms with Crippen molar-refractivity contribution in [1.82, 2.24) is 20.5 Å². The fourth-order valence-corrected chi connectivity index (χ4v) is 1.39. The van der Waals surface area contributed by atoms with Crippen LogP contribution < -0.4 is 5.32 Å². The molecular formula is C11H12N4O. The van der Waals surface area contributed by atoms with E-state index in [0.717, 1.165) is 5.56 Å². The molecule has 5 nitrogen and oxygen atoms in total. The van der Waals surface area contributed by atoms with E-state index in [1.807, 2.05) is 19.1 Å². The topological polar surface area (TPSA) is 70.7 Å². The van der Waals surface area contributed by atoms with Crippen LogP contribution in [0.4, 0.5) is 0 Å². The highest BCUT2D eigenvalue weighted by molar-refractivity contribution is 5.93. The van der Waals surface area contributed by atoms with Crippen molar-refractivity contribution in [3.05, 3.63) is 48.0 Å². The molecule has 1 unspecified atom stereocenters. The fourth-order valence-electron chi connectivity index (χ4n) is 1.39. The van der Waals surface area contributed by atoms with Gasteiger partial charge in [0, 0.05) is 18.6 Å². The van der Waals surface area contributed by atoms with Crippen LogP contribution in [0.3, 0.4) is 0 Å². The van der Waals surface area contributed by atoms with Gasteiger partial charge in [0.1, 0.15) is 0 Å². The van der Waals surface area contributed by atoms with Crippen molar-refractivity contribution in [2.45, 2.75) is 13.0 Å². The second-order valence-electron chi connectivity index (χ2n) is 3.46. The van der Waals surface area contributed by atoms with E-state index in [4.69, 9.17) is 0 Å². The van der Waals surface area contributed by atoms with E-state index in [1.165, 1.54) is 6.20 Å². The number of rotatable bonds is 3. The van der Waals surface area contributed by atoms with Crippen molar-refractivity contribution in [2.75, 3.05) is 0 Å². The average Bonchev–Trinajstić information content (AvgIpc) is 2.83. The molecule has 2 N–H and O–H groups in total. The third-order valence-electron chi connectivity index (χ3n) is 2.31. The molecule has 5 heteroatoms. The molecule has 2 aromatic rings. The van der Waals surface area contributed by atoms with Crippen LogP contribution in [0.1, 0.15) is 28.9 Å². The lowest BCUT2D eigenvalue weighted by molar-refractivity contribution is 0.0940. The molecule has 0 saturated carbocycles. The Hall–Kier alpha value is -2.17. The highest BCUT2D eigenvalue weighted by Crippen LogP contribution is 2.10. The quantitative estimate of drug-likeness (QED) is 0.812. The average molecular weight is 216 g/mol. The number of hydrogen-bond donors (Lipinski definition) is 2. The van der Waals surface area contributed by atoms with E-state index in [0.29, 0.717) is 5.56 Å². The molecule has 0 bridgehead atoms. The number of carbonyl (C=O) groups is 1. The minimum atomic E-state index is -0.141. The Kier molecular flexibility index (Phi) is 2.95. The van der Waals surface area contributed by atoms with Gasteiger partial charge in [-0.3, -0.25) is 14.9 Å². The Morgan fingerprint density at radius 1 is 1.44 bits per heavy atom. The molecule has 2 rings (SSSR count). The first-order chi connectivity index (χ1) is 7.77. The van der Waals surface area contributed by atoms with Gasteiger partial charge >= 0.3 is 0 Å². The molecule has 0 radical (unpaired) electrons. The van der Waals surface area contributed by atoms with Crippen LogP contribution >= 0.6 is 0 Å². The lowest BCUT2D eigenvalue weighted by Crippen LogP contribution is -2.26. The van der Waals surface area contributed by atoms with Crippen LogP contribution in [0.25, 0.3) is 0 Å². The van der Waals surface area contributed by atoms with Gasteiger partial charge < -0.3 is 5.32 Å². The minimum Gasteiger partial charge on any atom is -0.345 e. The Labute approximate surface area is 92.9 Å². The zero-order valence-electron chi connectivity index (χ0n) is 8.84. The number of amides is 1. The summed E-state index contributed by atoms with van der Waals surface area (Å²) in [5.74, 6) is -0.141. The summed E-state index contributed by atoms with van der Waals surface area (Å²) in [7, 11) is 0. The zero-order chi connectivity index (χ0) is 11.4. The summed E-state index contributed by atoms with van der Waals surface area (Å²) in [5, 5.41) is 9.20. The van der Waals surface area contributed by atoms with Gasteiger partial charge in [0.25, 0.3) is 5.91 Å². The molecule has 0 saturated heterocycles. The molecule has 1 atom stereocenters. The summed E-state index contributed by atoms with van der Waals surface area (Å²) in [6.45, 7) is 1.92. The summed E-state index contributed by atoms with van der Waals surface area (Å²) in [5.41, 5.74) is 1.55. The molecule has 2 aromatic heterocycles. The number of pyridine rings is 1. The molecule has 0 aliphatic rings. The van der Waals surface area contributed by atoms with Crippen molar-refractivity contribution in [3.8, 4) is 0 Å². The number of hydrogen-bond acceptors (Lipinski definition) is 3. The number of nitrogens with one attached hydrogen (secondary N) is 2. The standard InChI is InChI=1S/C11H12N4O/c1-8(9-2-4-12-5-3-9)15-11(16)10-6-13-14-7-10/h2-8H,1H3,(H,13,14)(H,15,16). The first-order valence-corrected chi connectivity index (χ1v) is 4.97. The highest BCUT2D eigenvalue weighted by atomic mass is 16.1. The van der Waals surface area contributed by atoms with Gasteiger partial charge in [-0.25, -0.2) is 0 Å². The van der Waals surface area contributed by atoms with Gasteiger partial charge in [0.05, 0.1) is 17.8 Å². The molecule has 0 spiro atoms. The largest absolute Gasteiger partial charge is 0.345 e. The minimum absolute atomic E-state index is 0.0506. The predicted octanol–water partition coefficient (Wildman–Crippen LogP) is 1.30. The highest BCUT2D eigenvalue weighted by Gasteiger charge is 2.11. The van der Waals surface area contributed by atoms with E-state index in [9.17, 15) is 4.79 Å². The Morgan fingerprint density at radius 2 is 2.19 bits per heavy atom. The molecule has 0 aliphatic carbocycles. The molecule has 0 aliphatic heterocycles. The van der Waals surface area contributed by atoms with Gasteiger partial charge in [0.2, 0.25) is 0 Å². The van der Waals surface area contributed by atoms with Crippen molar-refractivity contribution in [3.63, 3.8) is 0 Å². The van der Waals surface area contributed by atoms with Crippen LogP contribution in [0.5, 0.6) is 0 Å². The summed E-state index contributed by atoms with van der Waals surface area (Å²) in [6, 6.07) is 3.70. The Bertz CT molecular complexity index is 452. The summed E-state index contributed by atoms with van der Waals surface area (Å²) in [4.78, 5) is 15.6. The number of H-pyrrole nitrogens is 1.